The Morgan fingerprint density at radius 1 is 1.35 bits per heavy atom. The van der Waals surface area contributed by atoms with Crippen LogP contribution in [0, 0.1) is 0 Å². The van der Waals surface area contributed by atoms with Crippen molar-refractivity contribution < 1.29 is 12.8 Å². The maximum absolute atomic E-state index is 12.1. The number of oxazole rings is 1. The highest BCUT2D eigenvalue weighted by Crippen LogP contribution is 2.30. The van der Waals surface area contributed by atoms with E-state index in [1.54, 1.807) is 18.2 Å². The fourth-order valence-corrected chi connectivity index (χ4v) is 4.81. The first-order valence-electron chi connectivity index (χ1n) is 6.57. The van der Waals surface area contributed by atoms with Crippen LogP contribution in [0.15, 0.2) is 27.4 Å². The second-order valence-corrected chi connectivity index (χ2v) is 7.54. The van der Waals surface area contributed by atoms with Gasteiger partial charge in [-0.25, -0.2) is 13.2 Å². The summed E-state index contributed by atoms with van der Waals surface area (Å²) in [4.78, 5) is 13.7. The summed E-state index contributed by atoms with van der Waals surface area (Å²) in [6.07, 6.45) is 2.16. The van der Waals surface area contributed by atoms with Crippen molar-refractivity contribution in [2.24, 2.45) is 5.73 Å². The number of hydrogen-bond acceptors (Lipinski definition) is 5. The van der Waals surface area contributed by atoms with Gasteiger partial charge in [-0.1, -0.05) is 12.5 Å². The quantitative estimate of drug-likeness (QED) is 0.862. The van der Waals surface area contributed by atoms with Crippen molar-refractivity contribution in [3.63, 3.8) is 0 Å². The van der Waals surface area contributed by atoms with Crippen molar-refractivity contribution in [3.05, 3.63) is 34.3 Å². The number of benzene rings is 1. The third-order valence-corrected chi connectivity index (χ3v) is 6.17. The molecule has 2 heterocycles. The number of hydrogen-bond donors (Lipinski definition) is 2. The highest BCUT2D eigenvalue weighted by molar-refractivity contribution is 7.92. The van der Waals surface area contributed by atoms with E-state index < -0.39 is 26.9 Å². The van der Waals surface area contributed by atoms with Crippen LogP contribution in [-0.2, 0) is 9.84 Å². The molecule has 1 fully saturated rings. The standard InChI is InChI=1S/C13H16N2O4S/c14-12(11-3-1-2-6-20(11,17)18)8-4-5-9-10(7-8)19-13(16)15-9/h4-5,7,11-12H,1-3,6,14H2,(H,15,16). The van der Waals surface area contributed by atoms with Crippen LogP contribution in [0.3, 0.4) is 0 Å². The maximum Gasteiger partial charge on any atom is 0.417 e. The van der Waals surface area contributed by atoms with E-state index in [4.69, 9.17) is 10.2 Å². The van der Waals surface area contributed by atoms with Gasteiger partial charge in [0, 0.05) is 6.04 Å². The molecule has 1 aromatic heterocycles. The fourth-order valence-electron chi connectivity index (χ4n) is 2.77. The van der Waals surface area contributed by atoms with Crippen LogP contribution in [0.1, 0.15) is 30.9 Å². The summed E-state index contributed by atoms with van der Waals surface area (Å²) in [6, 6.07) is 4.47. The first kappa shape index (κ1) is 13.4. The number of sulfone groups is 1. The molecule has 108 valence electrons. The third kappa shape index (κ3) is 2.27. The number of H-pyrrole nitrogens is 1. The molecule has 7 heteroatoms. The maximum atomic E-state index is 12.1. The van der Waals surface area contributed by atoms with Gasteiger partial charge in [-0.2, -0.15) is 0 Å². The molecule has 0 saturated carbocycles. The molecule has 2 aromatic rings. The van der Waals surface area contributed by atoms with Gasteiger partial charge in [0.25, 0.3) is 0 Å². The highest BCUT2D eigenvalue weighted by atomic mass is 32.2. The van der Waals surface area contributed by atoms with Crippen LogP contribution in [-0.4, -0.2) is 24.4 Å². The van der Waals surface area contributed by atoms with Crippen LogP contribution in [0.4, 0.5) is 0 Å². The van der Waals surface area contributed by atoms with Crippen LogP contribution in [0.2, 0.25) is 0 Å². The lowest BCUT2D eigenvalue weighted by Crippen LogP contribution is -2.37. The SMILES string of the molecule is NC(c1ccc2[nH]c(=O)oc2c1)C1CCCCS1(=O)=O. The smallest absolute Gasteiger partial charge is 0.408 e. The van der Waals surface area contributed by atoms with E-state index in [2.05, 4.69) is 4.98 Å². The second kappa shape index (κ2) is 4.75. The Morgan fingerprint density at radius 2 is 2.15 bits per heavy atom. The Labute approximate surface area is 115 Å². The van der Waals surface area contributed by atoms with E-state index in [-0.39, 0.29) is 5.75 Å². The molecular formula is C13H16N2O4S. The summed E-state index contributed by atoms with van der Waals surface area (Å²) in [6.45, 7) is 0. The Bertz CT molecular complexity index is 790. The first-order valence-corrected chi connectivity index (χ1v) is 8.29. The number of aromatic nitrogens is 1. The average Bonchev–Trinajstić information content (AvgIpc) is 2.76. The summed E-state index contributed by atoms with van der Waals surface area (Å²) in [7, 11) is -3.14. The van der Waals surface area contributed by atoms with Crippen molar-refractivity contribution in [2.45, 2.75) is 30.6 Å². The normalized spacial score (nSPS) is 23.8. The molecule has 3 rings (SSSR count). The Balaban J connectivity index is 1.99. The topological polar surface area (TPSA) is 106 Å². The zero-order valence-electron chi connectivity index (χ0n) is 10.8. The second-order valence-electron chi connectivity index (χ2n) is 5.20. The molecule has 2 atom stereocenters. The van der Waals surface area contributed by atoms with E-state index in [0.717, 1.165) is 6.42 Å². The predicted molar refractivity (Wildman–Crippen MR) is 75.2 cm³/mol. The van der Waals surface area contributed by atoms with Gasteiger partial charge in [0.2, 0.25) is 0 Å². The van der Waals surface area contributed by atoms with Crippen molar-refractivity contribution in [1.82, 2.24) is 4.98 Å². The molecule has 1 aliphatic rings. The summed E-state index contributed by atoms with van der Waals surface area (Å²) >= 11 is 0. The van der Waals surface area contributed by atoms with Gasteiger partial charge in [0.1, 0.15) is 0 Å². The fraction of sp³-hybridized carbons (Fsp3) is 0.462. The zero-order chi connectivity index (χ0) is 14.3. The number of fused-ring (bicyclic) bond motifs is 1. The Hall–Kier alpha value is -1.60. The molecule has 2 unspecified atom stereocenters. The molecule has 20 heavy (non-hydrogen) atoms. The Kier molecular flexibility index (Phi) is 3.18. The van der Waals surface area contributed by atoms with Crippen molar-refractivity contribution in [1.29, 1.82) is 0 Å². The van der Waals surface area contributed by atoms with E-state index in [1.165, 1.54) is 0 Å². The largest absolute Gasteiger partial charge is 0.417 e. The summed E-state index contributed by atoms with van der Waals surface area (Å²) in [5.41, 5.74) is 7.79. The monoisotopic (exact) mass is 296 g/mol. The van der Waals surface area contributed by atoms with E-state index in [1.807, 2.05) is 0 Å². The minimum absolute atomic E-state index is 0.201. The van der Waals surface area contributed by atoms with Gasteiger partial charge in [-0.15, -0.1) is 0 Å². The van der Waals surface area contributed by atoms with Gasteiger partial charge in [-0.05, 0) is 30.5 Å². The molecule has 0 bridgehead atoms. The van der Waals surface area contributed by atoms with Gasteiger partial charge in [0.05, 0.1) is 16.5 Å². The first-order chi connectivity index (χ1) is 9.47. The number of nitrogens with two attached hydrogens (primary N) is 1. The van der Waals surface area contributed by atoms with Crippen LogP contribution < -0.4 is 11.5 Å². The highest BCUT2D eigenvalue weighted by Gasteiger charge is 2.34. The minimum atomic E-state index is -3.14. The van der Waals surface area contributed by atoms with Crippen molar-refractivity contribution >= 4 is 20.9 Å². The van der Waals surface area contributed by atoms with Crippen LogP contribution in [0.5, 0.6) is 0 Å². The third-order valence-electron chi connectivity index (χ3n) is 3.86. The van der Waals surface area contributed by atoms with Gasteiger partial charge in [0.15, 0.2) is 15.4 Å². The Morgan fingerprint density at radius 3 is 2.90 bits per heavy atom. The van der Waals surface area contributed by atoms with E-state index in [0.29, 0.717) is 29.5 Å². The summed E-state index contributed by atoms with van der Waals surface area (Å²) in [5, 5.41) is -0.556. The zero-order valence-corrected chi connectivity index (χ0v) is 11.7. The summed E-state index contributed by atoms with van der Waals surface area (Å²) in [5.74, 6) is -0.330. The molecular weight excluding hydrogens is 280 g/mol. The number of rotatable bonds is 2. The molecule has 1 aliphatic heterocycles. The molecule has 0 radical (unpaired) electrons. The van der Waals surface area contributed by atoms with Gasteiger partial charge in [-0.3, -0.25) is 4.98 Å². The van der Waals surface area contributed by atoms with Gasteiger partial charge < -0.3 is 10.2 Å². The molecule has 1 saturated heterocycles. The van der Waals surface area contributed by atoms with Crippen LogP contribution in [0.25, 0.3) is 11.1 Å². The van der Waals surface area contributed by atoms with E-state index >= 15 is 0 Å². The molecule has 0 spiro atoms. The molecule has 0 aliphatic carbocycles. The lowest BCUT2D eigenvalue weighted by Gasteiger charge is -2.27. The minimum Gasteiger partial charge on any atom is -0.408 e. The van der Waals surface area contributed by atoms with Crippen molar-refractivity contribution in [2.75, 3.05) is 5.75 Å². The average molecular weight is 296 g/mol. The van der Waals surface area contributed by atoms with E-state index in [9.17, 15) is 13.2 Å². The van der Waals surface area contributed by atoms with Gasteiger partial charge >= 0.3 is 5.76 Å². The number of nitrogens with one attached hydrogen (secondary N) is 1. The van der Waals surface area contributed by atoms with Crippen LogP contribution >= 0.6 is 0 Å². The van der Waals surface area contributed by atoms with Crippen molar-refractivity contribution in [3.8, 4) is 0 Å². The number of aromatic amines is 1. The predicted octanol–water partition coefficient (Wildman–Crippen LogP) is 1.09. The molecule has 1 aromatic carbocycles. The lowest BCUT2D eigenvalue weighted by atomic mass is 10.00. The lowest BCUT2D eigenvalue weighted by molar-refractivity contribution is 0.504. The molecule has 0 amide bonds. The molecule has 3 N–H and O–H groups in total. The summed E-state index contributed by atoms with van der Waals surface area (Å²) < 4.78 is 29.2. The molecule has 6 nitrogen and oxygen atoms in total.